The predicted octanol–water partition coefficient (Wildman–Crippen LogP) is 0.496. The maximum atomic E-state index is 11.7. The van der Waals surface area contributed by atoms with E-state index in [2.05, 4.69) is 0 Å². The van der Waals surface area contributed by atoms with E-state index in [1.807, 2.05) is 0 Å². The molecule has 1 heterocycles. The van der Waals surface area contributed by atoms with Gasteiger partial charge in [0.25, 0.3) is 10.2 Å². The second-order valence-corrected chi connectivity index (χ2v) is 5.75. The maximum Gasteiger partial charge on any atom is 0.281 e. The molecule has 1 aliphatic rings. The molecule has 1 atom stereocenters. The molecule has 0 aromatic heterocycles. The van der Waals surface area contributed by atoms with Crippen LogP contribution in [0.3, 0.4) is 0 Å². The van der Waals surface area contributed by atoms with Gasteiger partial charge in [0.2, 0.25) is 0 Å². The molecule has 13 heavy (non-hydrogen) atoms. The molecule has 0 saturated carbocycles. The lowest BCUT2D eigenvalue weighted by atomic mass is 10.3. The summed E-state index contributed by atoms with van der Waals surface area (Å²) in [5.41, 5.74) is 0. The lowest BCUT2D eigenvalue weighted by molar-refractivity contribution is 0.374. The maximum absolute atomic E-state index is 11.7. The van der Waals surface area contributed by atoms with E-state index in [1.54, 1.807) is 14.1 Å². The molecule has 1 aliphatic heterocycles. The highest BCUT2D eigenvalue weighted by atomic mass is 35.5. The first-order chi connectivity index (χ1) is 6.00. The first-order valence-corrected chi connectivity index (χ1v) is 6.18. The van der Waals surface area contributed by atoms with E-state index in [0.29, 0.717) is 12.4 Å². The minimum atomic E-state index is -3.26. The van der Waals surface area contributed by atoms with Crippen molar-refractivity contribution in [1.29, 1.82) is 0 Å². The lowest BCUT2D eigenvalue weighted by Crippen LogP contribution is -2.43. The van der Waals surface area contributed by atoms with E-state index in [9.17, 15) is 8.42 Å². The molecule has 1 unspecified atom stereocenters. The second kappa shape index (κ2) is 4.13. The summed E-state index contributed by atoms with van der Waals surface area (Å²) in [6, 6.07) is -0.0194. The zero-order valence-corrected chi connectivity index (χ0v) is 9.48. The topological polar surface area (TPSA) is 40.6 Å². The summed E-state index contributed by atoms with van der Waals surface area (Å²) in [6.45, 7) is 0.595. The Morgan fingerprint density at radius 3 is 2.62 bits per heavy atom. The zero-order chi connectivity index (χ0) is 10.1. The highest BCUT2D eigenvalue weighted by Crippen LogP contribution is 2.22. The Kier molecular flexibility index (Phi) is 3.57. The fourth-order valence-corrected chi connectivity index (χ4v) is 3.22. The summed E-state index contributed by atoms with van der Waals surface area (Å²) >= 11 is 5.69. The third kappa shape index (κ3) is 2.15. The number of hydrogen-bond acceptors (Lipinski definition) is 2. The highest BCUT2D eigenvalue weighted by Gasteiger charge is 2.34. The molecular formula is C7H15ClN2O2S. The van der Waals surface area contributed by atoms with Crippen molar-refractivity contribution in [2.45, 2.75) is 18.9 Å². The van der Waals surface area contributed by atoms with Gasteiger partial charge in [-0.3, -0.25) is 0 Å². The van der Waals surface area contributed by atoms with Gasteiger partial charge >= 0.3 is 0 Å². The lowest BCUT2D eigenvalue weighted by Gasteiger charge is -2.25. The second-order valence-electron chi connectivity index (χ2n) is 3.35. The number of hydrogen-bond donors (Lipinski definition) is 0. The van der Waals surface area contributed by atoms with Gasteiger partial charge in [-0.15, -0.1) is 11.6 Å². The van der Waals surface area contributed by atoms with E-state index >= 15 is 0 Å². The smallest absolute Gasteiger partial charge is 0.195 e. The molecule has 0 radical (unpaired) electrons. The number of rotatable bonds is 3. The highest BCUT2D eigenvalue weighted by molar-refractivity contribution is 7.86. The summed E-state index contributed by atoms with van der Waals surface area (Å²) in [5.74, 6) is 0.382. The number of halogens is 1. The van der Waals surface area contributed by atoms with Gasteiger partial charge in [-0.1, -0.05) is 0 Å². The minimum absolute atomic E-state index is 0.0194. The molecule has 0 aromatic rings. The van der Waals surface area contributed by atoms with E-state index < -0.39 is 10.2 Å². The molecular weight excluding hydrogens is 212 g/mol. The van der Waals surface area contributed by atoms with Crippen molar-refractivity contribution in [3.05, 3.63) is 0 Å². The summed E-state index contributed by atoms with van der Waals surface area (Å²) < 4.78 is 26.1. The van der Waals surface area contributed by atoms with Crippen molar-refractivity contribution >= 4 is 21.8 Å². The van der Waals surface area contributed by atoms with Crippen LogP contribution < -0.4 is 0 Å². The monoisotopic (exact) mass is 226 g/mol. The Labute approximate surface area is 84.6 Å². The predicted molar refractivity (Wildman–Crippen MR) is 53.1 cm³/mol. The zero-order valence-electron chi connectivity index (χ0n) is 7.90. The van der Waals surface area contributed by atoms with Crippen molar-refractivity contribution in [2.75, 3.05) is 26.5 Å². The third-order valence-electron chi connectivity index (χ3n) is 2.26. The van der Waals surface area contributed by atoms with Crippen LogP contribution in [0.2, 0.25) is 0 Å². The molecule has 0 bridgehead atoms. The van der Waals surface area contributed by atoms with Crippen molar-refractivity contribution in [3.8, 4) is 0 Å². The Morgan fingerprint density at radius 2 is 2.15 bits per heavy atom. The molecule has 0 amide bonds. The van der Waals surface area contributed by atoms with E-state index in [4.69, 9.17) is 11.6 Å². The van der Waals surface area contributed by atoms with Crippen molar-refractivity contribution < 1.29 is 8.42 Å². The largest absolute Gasteiger partial charge is 0.281 e. The summed E-state index contributed by atoms with van der Waals surface area (Å²) in [4.78, 5) is 0. The van der Waals surface area contributed by atoms with Crippen LogP contribution in [-0.4, -0.2) is 49.6 Å². The Hall–Kier alpha value is 0.160. The molecule has 0 aliphatic carbocycles. The van der Waals surface area contributed by atoms with Gasteiger partial charge in [-0.2, -0.15) is 17.0 Å². The standard InChI is InChI=1S/C7H15ClN2O2S/c1-9(2)13(11,12)10-5-3-4-7(10)6-8/h7H,3-6H2,1-2H3. The Morgan fingerprint density at radius 1 is 1.54 bits per heavy atom. The molecule has 1 rings (SSSR count). The van der Waals surface area contributed by atoms with Crippen LogP contribution in [0.15, 0.2) is 0 Å². The quantitative estimate of drug-likeness (QED) is 0.658. The van der Waals surface area contributed by atoms with Gasteiger partial charge in [0.1, 0.15) is 0 Å². The molecule has 6 heteroatoms. The van der Waals surface area contributed by atoms with Gasteiger partial charge < -0.3 is 0 Å². The normalized spacial score (nSPS) is 25.7. The SMILES string of the molecule is CN(C)S(=O)(=O)N1CCCC1CCl. The van der Waals surface area contributed by atoms with Crippen LogP contribution in [0, 0.1) is 0 Å². The van der Waals surface area contributed by atoms with Gasteiger partial charge in [-0.25, -0.2) is 0 Å². The van der Waals surface area contributed by atoms with E-state index in [-0.39, 0.29) is 6.04 Å². The Balaban J connectivity index is 2.82. The molecule has 0 N–H and O–H groups in total. The van der Waals surface area contributed by atoms with Crippen LogP contribution in [-0.2, 0) is 10.2 Å². The molecule has 0 aromatic carbocycles. The summed E-state index contributed by atoms with van der Waals surface area (Å²) in [5, 5.41) is 0. The van der Waals surface area contributed by atoms with Crippen molar-refractivity contribution in [2.24, 2.45) is 0 Å². The van der Waals surface area contributed by atoms with E-state index in [0.717, 1.165) is 12.8 Å². The number of nitrogens with zero attached hydrogens (tertiary/aromatic N) is 2. The average Bonchev–Trinajstić information content (AvgIpc) is 2.51. The van der Waals surface area contributed by atoms with Crippen LogP contribution in [0.4, 0.5) is 0 Å². The van der Waals surface area contributed by atoms with Crippen LogP contribution in [0.5, 0.6) is 0 Å². The van der Waals surface area contributed by atoms with Gasteiger partial charge in [0.05, 0.1) is 0 Å². The Bertz CT molecular complexity index is 266. The summed E-state index contributed by atoms with van der Waals surface area (Å²) in [6.07, 6.45) is 1.78. The van der Waals surface area contributed by atoms with Crippen LogP contribution in [0.1, 0.15) is 12.8 Å². The minimum Gasteiger partial charge on any atom is -0.195 e. The average molecular weight is 227 g/mol. The van der Waals surface area contributed by atoms with E-state index in [1.165, 1.54) is 8.61 Å². The number of alkyl halides is 1. The molecule has 78 valence electrons. The first kappa shape index (κ1) is 11.2. The fraction of sp³-hybridized carbons (Fsp3) is 1.00. The van der Waals surface area contributed by atoms with Gasteiger partial charge in [0, 0.05) is 32.6 Å². The van der Waals surface area contributed by atoms with Crippen molar-refractivity contribution in [1.82, 2.24) is 8.61 Å². The fourth-order valence-electron chi connectivity index (χ4n) is 1.48. The van der Waals surface area contributed by atoms with Gasteiger partial charge in [-0.05, 0) is 12.8 Å². The van der Waals surface area contributed by atoms with Crippen LogP contribution in [0.25, 0.3) is 0 Å². The third-order valence-corrected chi connectivity index (χ3v) is 4.61. The first-order valence-electron chi connectivity index (χ1n) is 4.25. The molecule has 1 fully saturated rings. The van der Waals surface area contributed by atoms with Gasteiger partial charge in [0.15, 0.2) is 0 Å². The molecule has 1 saturated heterocycles. The van der Waals surface area contributed by atoms with Crippen molar-refractivity contribution in [3.63, 3.8) is 0 Å². The summed E-state index contributed by atoms with van der Waals surface area (Å²) in [7, 11) is -0.174. The molecule has 0 spiro atoms. The molecule has 4 nitrogen and oxygen atoms in total. The van der Waals surface area contributed by atoms with Crippen LogP contribution >= 0.6 is 11.6 Å².